The van der Waals surface area contributed by atoms with Gasteiger partial charge in [0, 0.05) is 10.6 Å². The maximum absolute atomic E-state index is 11.6. The zero-order chi connectivity index (χ0) is 14.3. The van der Waals surface area contributed by atoms with Crippen LogP contribution < -0.4 is 5.32 Å². The number of hydrogen-bond acceptors (Lipinski definition) is 4. The van der Waals surface area contributed by atoms with Crippen LogP contribution in [0.2, 0.25) is 0 Å². The van der Waals surface area contributed by atoms with Crippen molar-refractivity contribution in [3.8, 4) is 0 Å². The van der Waals surface area contributed by atoms with Crippen LogP contribution in [0.3, 0.4) is 0 Å². The number of thioether (sulfide) groups is 1. The molecule has 0 aliphatic heterocycles. The SMILES string of the molecule is CCOC(=O)C(CCSc1ccc(C)c(C)c1)NC. The molecule has 0 spiro atoms. The van der Waals surface area contributed by atoms with Crippen LogP contribution in [0.15, 0.2) is 23.1 Å². The van der Waals surface area contributed by atoms with Crippen LogP contribution in [0.5, 0.6) is 0 Å². The van der Waals surface area contributed by atoms with Crippen LogP contribution in [-0.4, -0.2) is 31.4 Å². The summed E-state index contributed by atoms with van der Waals surface area (Å²) in [6, 6.07) is 6.25. The van der Waals surface area contributed by atoms with Crippen molar-refractivity contribution in [1.29, 1.82) is 0 Å². The smallest absolute Gasteiger partial charge is 0.323 e. The molecule has 0 heterocycles. The third kappa shape index (κ3) is 5.25. The highest BCUT2D eigenvalue weighted by molar-refractivity contribution is 7.99. The molecule has 3 nitrogen and oxygen atoms in total. The monoisotopic (exact) mass is 281 g/mol. The molecule has 1 rings (SSSR count). The summed E-state index contributed by atoms with van der Waals surface area (Å²) in [4.78, 5) is 12.9. The van der Waals surface area contributed by atoms with Crippen molar-refractivity contribution in [2.45, 2.75) is 38.1 Å². The Morgan fingerprint density at radius 3 is 2.68 bits per heavy atom. The van der Waals surface area contributed by atoms with Gasteiger partial charge in [-0.15, -0.1) is 11.8 Å². The number of ether oxygens (including phenoxy) is 1. The zero-order valence-electron chi connectivity index (χ0n) is 12.2. The fraction of sp³-hybridized carbons (Fsp3) is 0.533. The van der Waals surface area contributed by atoms with Crippen molar-refractivity contribution in [2.75, 3.05) is 19.4 Å². The number of benzene rings is 1. The fourth-order valence-electron chi connectivity index (χ4n) is 1.72. The van der Waals surface area contributed by atoms with Crippen LogP contribution >= 0.6 is 11.8 Å². The minimum absolute atomic E-state index is 0.161. The van der Waals surface area contributed by atoms with Crippen molar-refractivity contribution in [2.24, 2.45) is 0 Å². The average Bonchev–Trinajstić information content (AvgIpc) is 2.39. The molecule has 1 atom stereocenters. The maximum atomic E-state index is 11.6. The Bertz CT molecular complexity index is 421. The number of hydrogen-bond donors (Lipinski definition) is 1. The van der Waals surface area contributed by atoms with E-state index >= 15 is 0 Å². The van der Waals surface area contributed by atoms with Gasteiger partial charge in [-0.1, -0.05) is 6.07 Å². The third-order valence-corrected chi connectivity index (χ3v) is 4.10. The number of rotatable bonds is 7. The van der Waals surface area contributed by atoms with Gasteiger partial charge in [0.1, 0.15) is 6.04 Å². The molecule has 0 aliphatic rings. The van der Waals surface area contributed by atoms with Crippen LogP contribution in [0, 0.1) is 13.8 Å². The quantitative estimate of drug-likeness (QED) is 0.616. The highest BCUT2D eigenvalue weighted by atomic mass is 32.2. The minimum Gasteiger partial charge on any atom is -0.465 e. The predicted molar refractivity (Wildman–Crippen MR) is 80.7 cm³/mol. The van der Waals surface area contributed by atoms with Gasteiger partial charge >= 0.3 is 5.97 Å². The van der Waals surface area contributed by atoms with Gasteiger partial charge in [-0.3, -0.25) is 4.79 Å². The second kappa shape index (κ2) is 8.23. The van der Waals surface area contributed by atoms with Crippen molar-refractivity contribution in [3.63, 3.8) is 0 Å². The molecule has 0 bridgehead atoms. The third-order valence-electron chi connectivity index (χ3n) is 3.07. The molecule has 1 aromatic rings. The summed E-state index contributed by atoms with van der Waals surface area (Å²) in [6.45, 7) is 6.49. The van der Waals surface area contributed by atoms with E-state index in [4.69, 9.17) is 4.74 Å². The summed E-state index contributed by atoms with van der Waals surface area (Å²) in [6.07, 6.45) is 0.771. The summed E-state index contributed by atoms with van der Waals surface area (Å²) >= 11 is 1.77. The summed E-state index contributed by atoms with van der Waals surface area (Å²) < 4.78 is 5.02. The van der Waals surface area contributed by atoms with Gasteiger partial charge in [0.15, 0.2) is 0 Å². The number of esters is 1. The van der Waals surface area contributed by atoms with Gasteiger partial charge in [0.25, 0.3) is 0 Å². The van der Waals surface area contributed by atoms with Crippen LogP contribution in [0.25, 0.3) is 0 Å². The first-order valence-corrected chi connectivity index (χ1v) is 7.61. The first kappa shape index (κ1) is 16.1. The lowest BCUT2D eigenvalue weighted by atomic mass is 10.1. The van der Waals surface area contributed by atoms with E-state index < -0.39 is 0 Å². The highest BCUT2D eigenvalue weighted by Crippen LogP contribution is 2.22. The van der Waals surface area contributed by atoms with Gasteiger partial charge in [0.05, 0.1) is 6.61 Å². The second-order valence-corrected chi connectivity index (χ2v) is 5.64. The normalized spacial score (nSPS) is 12.2. The Balaban J connectivity index is 2.43. The molecule has 0 amide bonds. The predicted octanol–water partition coefficient (Wildman–Crippen LogP) is 2.94. The van der Waals surface area contributed by atoms with Crippen LogP contribution in [0.4, 0.5) is 0 Å². The van der Waals surface area contributed by atoms with Crippen LogP contribution in [-0.2, 0) is 9.53 Å². The summed E-state index contributed by atoms with van der Waals surface area (Å²) in [5.41, 5.74) is 2.62. The van der Waals surface area contributed by atoms with E-state index in [2.05, 4.69) is 37.4 Å². The zero-order valence-corrected chi connectivity index (χ0v) is 13.0. The van der Waals surface area contributed by atoms with Crippen molar-refractivity contribution in [1.82, 2.24) is 5.32 Å². The number of carbonyl (C=O) groups is 1. The number of aryl methyl sites for hydroxylation is 2. The number of likely N-dealkylation sites (N-methyl/N-ethyl adjacent to an activating group) is 1. The Morgan fingerprint density at radius 2 is 2.11 bits per heavy atom. The summed E-state index contributed by atoms with van der Waals surface area (Å²) in [7, 11) is 1.79. The Morgan fingerprint density at radius 1 is 1.37 bits per heavy atom. The molecule has 0 saturated carbocycles. The van der Waals surface area contributed by atoms with E-state index in [9.17, 15) is 4.79 Å². The summed E-state index contributed by atoms with van der Waals surface area (Å²) in [5, 5.41) is 3.01. The van der Waals surface area contributed by atoms with E-state index in [0.717, 1.165) is 12.2 Å². The van der Waals surface area contributed by atoms with Gasteiger partial charge < -0.3 is 10.1 Å². The van der Waals surface area contributed by atoms with E-state index in [1.165, 1.54) is 16.0 Å². The van der Waals surface area contributed by atoms with Gasteiger partial charge in [0.2, 0.25) is 0 Å². The first-order chi connectivity index (χ1) is 9.08. The number of nitrogens with one attached hydrogen (secondary N) is 1. The molecule has 0 fully saturated rings. The molecule has 0 saturated heterocycles. The lowest BCUT2D eigenvalue weighted by Crippen LogP contribution is -2.36. The molecule has 19 heavy (non-hydrogen) atoms. The van der Waals surface area contributed by atoms with Gasteiger partial charge in [-0.05, 0) is 57.5 Å². The van der Waals surface area contributed by atoms with E-state index in [0.29, 0.717) is 6.61 Å². The van der Waals surface area contributed by atoms with E-state index in [-0.39, 0.29) is 12.0 Å². The molecule has 4 heteroatoms. The molecular formula is C15H23NO2S. The topological polar surface area (TPSA) is 38.3 Å². The molecular weight excluding hydrogens is 258 g/mol. The van der Waals surface area contributed by atoms with Gasteiger partial charge in [-0.25, -0.2) is 0 Å². The standard InChI is InChI=1S/C15H23NO2S/c1-5-18-15(17)14(16-4)8-9-19-13-7-6-11(2)12(3)10-13/h6-7,10,14,16H,5,8-9H2,1-4H3. The van der Waals surface area contributed by atoms with E-state index in [1.54, 1.807) is 18.8 Å². The lowest BCUT2D eigenvalue weighted by Gasteiger charge is -2.14. The Labute approximate surface area is 120 Å². The lowest BCUT2D eigenvalue weighted by molar-refractivity contribution is -0.145. The molecule has 0 aliphatic carbocycles. The van der Waals surface area contributed by atoms with Crippen molar-refractivity contribution >= 4 is 17.7 Å². The summed E-state index contributed by atoms with van der Waals surface area (Å²) in [5.74, 6) is 0.734. The maximum Gasteiger partial charge on any atom is 0.323 e. The van der Waals surface area contributed by atoms with Gasteiger partial charge in [-0.2, -0.15) is 0 Å². The Hall–Kier alpha value is -1.00. The average molecular weight is 281 g/mol. The molecule has 1 unspecified atom stereocenters. The molecule has 1 N–H and O–H groups in total. The molecule has 1 aromatic carbocycles. The van der Waals surface area contributed by atoms with E-state index in [1.807, 2.05) is 6.92 Å². The fourth-order valence-corrected chi connectivity index (χ4v) is 2.73. The highest BCUT2D eigenvalue weighted by Gasteiger charge is 2.16. The van der Waals surface area contributed by atoms with Crippen molar-refractivity contribution < 1.29 is 9.53 Å². The first-order valence-electron chi connectivity index (χ1n) is 6.62. The van der Waals surface area contributed by atoms with Crippen molar-refractivity contribution in [3.05, 3.63) is 29.3 Å². The minimum atomic E-state index is -0.209. The number of carbonyl (C=O) groups excluding carboxylic acids is 1. The second-order valence-electron chi connectivity index (χ2n) is 4.48. The molecule has 106 valence electrons. The Kier molecular flexibility index (Phi) is 6.95. The molecule has 0 radical (unpaired) electrons. The van der Waals surface area contributed by atoms with Crippen LogP contribution in [0.1, 0.15) is 24.5 Å². The molecule has 0 aromatic heterocycles. The largest absolute Gasteiger partial charge is 0.465 e.